The Kier molecular flexibility index (Phi) is 4.56. The van der Waals surface area contributed by atoms with Crippen molar-refractivity contribution in [3.63, 3.8) is 0 Å². The lowest BCUT2D eigenvalue weighted by Crippen LogP contribution is -2.25. The number of rotatable bonds is 4. The molecule has 1 heterocycles. The van der Waals surface area contributed by atoms with E-state index in [1.54, 1.807) is 12.1 Å². The maximum absolute atomic E-state index is 11.2. The molecule has 1 aliphatic heterocycles. The van der Waals surface area contributed by atoms with Gasteiger partial charge in [-0.3, -0.25) is 10.1 Å². The third-order valence-electron chi connectivity index (χ3n) is 4.94. The van der Waals surface area contributed by atoms with E-state index >= 15 is 0 Å². The number of anilines is 1. The van der Waals surface area contributed by atoms with E-state index in [9.17, 15) is 10.1 Å². The first-order valence-electron chi connectivity index (χ1n) is 8.23. The van der Waals surface area contributed by atoms with Gasteiger partial charge in [0, 0.05) is 33.8 Å². The Morgan fingerprint density at radius 1 is 1.20 bits per heavy atom. The molecule has 1 aliphatic rings. The SMILES string of the molecule is CN1/C(=C/[C@@H](C[N+](=O)[O-])c2ccc(Cl)cc2)C(C)(C)c2ccccc21. The highest BCUT2D eigenvalue weighted by molar-refractivity contribution is 6.30. The van der Waals surface area contributed by atoms with Crippen molar-refractivity contribution in [1.29, 1.82) is 0 Å². The molecule has 0 saturated carbocycles. The Hall–Kier alpha value is -2.33. The highest BCUT2D eigenvalue weighted by Crippen LogP contribution is 2.47. The summed E-state index contributed by atoms with van der Waals surface area (Å²) < 4.78 is 0. The van der Waals surface area contributed by atoms with E-state index < -0.39 is 0 Å². The molecule has 0 fully saturated rings. The van der Waals surface area contributed by atoms with E-state index in [0.29, 0.717) is 5.02 Å². The first-order valence-corrected chi connectivity index (χ1v) is 8.61. The van der Waals surface area contributed by atoms with Gasteiger partial charge in [-0.25, -0.2) is 0 Å². The minimum atomic E-state index is -0.307. The van der Waals surface area contributed by atoms with Gasteiger partial charge in [0.25, 0.3) is 0 Å². The van der Waals surface area contributed by atoms with Gasteiger partial charge in [0.05, 0.1) is 5.92 Å². The molecule has 0 N–H and O–H groups in total. The van der Waals surface area contributed by atoms with Crippen molar-refractivity contribution in [2.24, 2.45) is 0 Å². The predicted octanol–water partition coefficient (Wildman–Crippen LogP) is 5.01. The molecule has 5 heteroatoms. The molecule has 0 amide bonds. The maximum Gasteiger partial charge on any atom is 0.214 e. The first kappa shape index (κ1) is 17.5. The maximum atomic E-state index is 11.2. The predicted molar refractivity (Wildman–Crippen MR) is 102 cm³/mol. The van der Waals surface area contributed by atoms with Crippen molar-refractivity contribution in [3.05, 3.63) is 86.6 Å². The van der Waals surface area contributed by atoms with Crippen LogP contribution in [0.1, 0.15) is 30.9 Å². The standard InChI is InChI=1S/C20H21ClN2O2/c1-20(2)17-6-4-5-7-18(17)22(3)19(20)12-15(13-23(24)25)14-8-10-16(21)11-9-14/h4-12,15H,13H2,1-3H3/b19-12+/t15-/m0/s1. The van der Waals surface area contributed by atoms with Gasteiger partial charge in [0.1, 0.15) is 0 Å². The van der Waals surface area contributed by atoms with Crippen LogP contribution in [0.25, 0.3) is 0 Å². The van der Waals surface area contributed by atoms with E-state index in [-0.39, 0.29) is 22.8 Å². The number of likely N-dealkylation sites (N-methyl/N-ethyl adjacent to an activating group) is 1. The fourth-order valence-corrected chi connectivity index (χ4v) is 3.74. The molecule has 3 rings (SSSR count). The summed E-state index contributed by atoms with van der Waals surface area (Å²) in [6, 6.07) is 15.5. The molecule has 0 bridgehead atoms. The summed E-state index contributed by atoms with van der Waals surface area (Å²) in [5.41, 5.74) is 4.16. The fourth-order valence-electron chi connectivity index (χ4n) is 3.62. The number of nitro groups is 1. The van der Waals surface area contributed by atoms with Gasteiger partial charge in [0.15, 0.2) is 0 Å². The smallest absolute Gasteiger partial charge is 0.214 e. The van der Waals surface area contributed by atoms with Crippen LogP contribution in [0.4, 0.5) is 5.69 Å². The molecule has 25 heavy (non-hydrogen) atoms. The monoisotopic (exact) mass is 356 g/mol. The number of benzene rings is 2. The number of fused-ring (bicyclic) bond motifs is 1. The molecule has 0 spiro atoms. The third kappa shape index (κ3) is 3.27. The van der Waals surface area contributed by atoms with E-state index in [0.717, 1.165) is 16.9 Å². The fraction of sp³-hybridized carbons (Fsp3) is 0.300. The molecule has 2 aromatic rings. The molecular weight excluding hydrogens is 336 g/mol. The highest BCUT2D eigenvalue weighted by atomic mass is 35.5. The number of hydrogen-bond acceptors (Lipinski definition) is 3. The van der Waals surface area contributed by atoms with Gasteiger partial charge in [0.2, 0.25) is 6.54 Å². The number of allylic oxidation sites excluding steroid dienone is 1. The lowest BCUT2D eigenvalue weighted by atomic mass is 9.82. The minimum absolute atomic E-state index is 0.147. The molecule has 0 aliphatic carbocycles. The van der Waals surface area contributed by atoms with Crippen LogP contribution in [0, 0.1) is 10.1 Å². The van der Waals surface area contributed by atoms with E-state index in [1.165, 1.54) is 5.56 Å². The Balaban J connectivity index is 2.06. The minimum Gasteiger partial charge on any atom is -0.347 e. The third-order valence-corrected chi connectivity index (χ3v) is 5.20. The van der Waals surface area contributed by atoms with Crippen LogP contribution in [0.5, 0.6) is 0 Å². The number of nitrogens with zero attached hydrogens (tertiary/aromatic N) is 2. The molecule has 130 valence electrons. The van der Waals surface area contributed by atoms with Crippen LogP contribution in [0.2, 0.25) is 5.02 Å². The Morgan fingerprint density at radius 2 is 1.84 bits per heavy atom. The second-order valence-corrected chi connectivity index (χ2v) is 7.36. The van der Waals surface area contributed by atoms with Crippen LogP contribution >= 0.6 is 11.6 Å². The van der Waals surface area contributed by atoms with E-state index in [2.05, 4.69) is 30.9 Å². The lowest BCUT2D eigenvalue weighted by molar-refractivity contribution is -0.481. The molecule has 4 nitrogen and oxygen atoms in total. The van der Waals surface area contributed by atoms with Crippen LogP contribution in [0.3, 0.4) is 0 Å². The average Bonchev–Trinajstić information content (AvgIpc) is 2.76. The zero-order valence-electron chi connectivity index (χ0n) is 14.6. The van der Waals surface area contributed by atoms with Crippen molar-refractivity contribution >= 4 is 17.3 Å². The average molecular weight is 357 g/mol. The van der Waals surface area contributed by atoms with E-state index in [4.69, 9.17) is 11.6 Å². The van der Waals surface area contributed by atoms with Crippen LogP contribution in [-0.2, 0) is 5.41 Å². The second-order valence-electron chi connectivity index (χ2n) is 6.93. The molecular formula is C20H21ClN2O2. The molecule has 0 unspecified atom stereocenters. The normalized spacial score (nSPS) is 18.2. The van der Waals surface area contributed by atoms with Crippen molar-refractivity contribution in [2.45, 2.75) is 25.2 Å². The largest absolute Gasteiger partial charge is 0.347 e. The molecule has 1 atom stereocenters. The van der Waals surface area contributed by atoms with Crippen molar-refractivity contribution in [2.75, 3.05) is 18.5 Å². The van der Waals surface area contributed by atoms with Crippen molar-refractivity contribution in [1.82, 2.24) is 0 Å². The van der Waals surface area contributed by atoms with E-state index in [1.807, 2.05) is 37.4 Å². The Morgan fingerprint density at radius 3 is 2.44 bits per heavy atom. The van der Waals surface area contributed by atoms with Crippen molar-refractivity contribution in [3.8, 4) is 0 Å². The number of halogens is 1. The molecule has 0 radical (unpaired) electrons. The highest BCUT2D eigenvalue weighted by Gasteiger charge is 2.38. The van der Waals surface area contributed by atoms with Gasteiger partial charge in [-0.2, -0.15) is 0 Å². The van der Waals surface area contributed by atoms with Crippen LogP contribution in [0.15, 0.2) is 60.3 Å². The topological polar surface area (TPSA) is 46.4 Å². The number of para-hydroxylation sites is 1. The Labute approximate surface area is 152 Å². The van der Waals surface area contributed by atoms with Crippen LogP contribution in [-0.4, -0.2) is 18.5 Å². The van der Waals surface area contributed by atoms with Crippen LogP contribution < -0.4 is 4.90 Å². The number of hydrogen-bond donors (Lipinski definition) is 0. The summed E-state index contributed by atoms with van der Waals surface area (Å²) in [6.45, 7) is 4.17. The van der Waals surface area contributed by atoms with Gasteiger partial charge < -0.3 is 4.90 Å². The summed E-state index contributed by atoms with van der Waals surface area (Å²) in [6.07, 6.45) is 2.03. The zero-order valence-corrected chi connectivity index (χ0v) is 15.3. The summed E-state index contributed by atoms with van der Waals surface area (Å²) in [5.74, 6) is -0.307. The summed E-state index contributed by atoms with van der Waals surface area (Å²) in [7, 11) is 2.02. The molecule has 0 aromatic heterocycles. The first-order chi connectivity index (χ1) is 11.8. The van der Waals surface area contributed by atoms with Crippen molar-refractivity contribution < 1.29 is 4.92 Å². The summed E-state index contributed by atoms with van der Waals surface area (Å²) >= 11 is 5.96. The quantitative estimate of drug-likeness (QED) is 0.571. The second kappa shape index (κ2) is 6.52. The molecule has 2 aromatic carbocycles. The Bertz CT molecular complexity index is 828. The summed E-state index contributed by atoms with van der Waals surface area (Å²) in [4.78, 5) is 13.1. The lowest BCUT2D eigenvalue weighted by Gasteiger charge is -2.26. The van der Waals surface area contributed by atoms with Gasteiger partial charge in [-0.05, 0) is 29.3 Å². The van der Waals surface area contributed by atoms with Gasteiger partial charge in [-0.15, -0.1) is 0 Å². The molecule has 0 saturated heterocycles. The zero-order chi connectivity index (χ0) is 18.2. The van der Waals surface area contributed by atoms with Gasteiger partial charge >= 0.3 is 0 Å². The van der Waals surface area contributed by atoms with Gasteiger partial charge in [-0.1, -0.05) is 61.9 Å². The summed E-state index contributed by atoms with van der Waals surface area (Å²) in [5, 5.41) is 11.8.